The highest BCUT2D eigenvalue weighted by molar-refractivity contribution is 9.10. The highest BCUT2D eigenvalue weighted by Gasteiger charge is 2.29. The van der Waals surface area contributed by atoms with Crippen molar-refractivity contribution in [1.29, 1.82) is 0 Å². The minimum absolute atomic E-state index is 0.138. The molecule has 1 aromatic carbocycles. The lowest BCUT2D eigenvalue weighted by atomic mass is 9.91. The van der Waals surface area contributed by atoms with E-state index in [1.807, 2.05) is 36.4 Å². The predicted molar refractivity (Wildman–Crippen MR) is 75.4 cm³/mol. The SMILES string of the molecule is O=C1c2ccc(Br)cc2OCC1Cc1ccccn1. The number of hydrogen-bond donors (Lipinski definition) is 0. The summed E-state index contributed by atoms with van der Waals surface area (Å²) in [6.07, 6.45) is 2.36. The van der Waals surface area contributed by atoms with Gasteiger partial charge in [0.25, 0.3) is 0 Å². The number of nitrogens with zero attached hydrogens (tertiary/aromatic N) is 1. The van der Waals surface area contributed by atoms with Gasteiger partial charge in [-0.15, -0.1) is 0 Å². The molecule has 96 valence electrons. The lowest BCUT2D eigenvalue weighted by Gasteiger charge is -2.24. The van der Waals surface area contributed by atoms with E-state index >= 15 is 0 Å². The average molecular weight is 318 g/mol. The Morgan fingerprint density at radius 3 is 3.00 bits per heavy atom. The van der Waals surface area contributed by atoms with Crippen LogP contribution in [0.2, 0.25) is 0 Å². The molecule has 3 rings (SSSR count). The topological polar surface area (TPSA) is 39.2 Å². The lowest BCUT2D eigenvalue weighted by molar-refractivity contribution is 0.0829. The van der Waals surface area contributed by atoms with Crippen molar-refractivity contribution in [3.05, 3.63) is 58.3 Å². The molecule has 2 heterocycles. The number of aromatic nitrogens is 1. The minimum Gasteiger partial charge on any atom is -0.492 e. The van der Waals surface area contributed by atoms with Gasteiger partial charge in [-0.25, -0.2) is 0 Å². The smallest absolute Gasteiger partial charge is 0.173 e. The molecule has 1 aliphatic rings. The average Bonchev–Trinajstić information content (AvgIpc) is 2.43. The van der Waals surface area contributed by atoms with E-state index in [9.17, 15) is 4.79 Å². The lowest BCUT2D eigenvalue weighted by Crippen LogP contribution is -2.29. The van der Waals surface area contributed by atoms with E-state index < -0.39 is 0 Å². The summed E-state index contributed by atoms with van der Waals surface area (Å²) < 4.78 is 6.60. The first-order valence-corrected chi connectivity index (χ1v) is 6.90. The molecule has 0 aliphatic carbocycles. The van der Waals surface area contributed by atoms with Gasteiger partial charge in [0.15, 0.2) is 5.78 Å². The van der Waals surface area contributed by atoms with E-state index in [2.05, 4.69) is 20.9 Å². The van der Waals surface area contributed by atoms with Crippen molar-refractivity contribution in [3.63, 3.8) is 0 Å². The highest BCUT2D eigenvalue weighted by atomic mass is 79.9. The van der Waals surface area contributed by atoms with Gasteiger partial charge in [0.1, 0.15) is 5.75 Å². The Morgan fingerprint density at radius 1 is 1.32 bits per heavy atom. The quantitative estimate of drug-likeness (QED) is 0.853. The standard InChI is InChI=1S/C15H12BrNO2/c16-11-4-5-13-14(8-11)19-9-10(15(13)18)7-12-3-1-2-6-17-12/h1-6,8,10H,7,9H2. The number of pyridine rings is 1. The van der Waals surface area contributed by atoms with Crippen molar-refractivity contribution in [1.82, 2.24) is 4.98 Å². The molecular formula is C15H12BrNO2. The first-order valence-electron chi connectivity index (χ1n) is 6.10. The first kappa shape index (κ1) is 12.4. The van der Waals surface area contributed by atoms with Gasteiger partial charge in [0, 0.05) is 22.8 Å². The van der Waals surface area contributed by atoms with Gasteiger partial charge in [-0.3, -0.25) is 9.78 Å². The molecule has 0 radical (unpaired) electrons. The molecule has 0 bridgehead atoms. The maximum Gasteiger partial charge on any atom is 0.173 e. The molecule has 1 unspecified atom stereocenters. The number of halogens is 1. The van der Waals surface area contributed by atoms with Crippen LogP contribution in [0.3, 0.4) is 0 Å². The normalized spacial score (nSPS) is 17.7. The number of benzene rings is 1. The summed E-state index contributed by atoms with van der Waals surface area (Å²) in [7, 11) is 0. The largest absolute Gasteiger partial charge is 0.492 e. The monoisotopic (exact) mass is 317 g/mol. The summed E-state index contributed by atoms with van der Waals surface area (Å²) in [5.74, 6) is 0.652. The molecular weight excluding hydrogens is 306 g/mol. The van der Waals surface area contributed by atoms with Gasteiger partial charge in [0.2, 0.25) is 0 Å². The number of Topliss-reactive ketones (excluding diaryl/α,β-unsaturated/α-hetero) is 1. The summed E-state index contributed by atoms with van der Waals surface area (Å²) in [4.78, 5) is 16.7. The number of rotatable bonds is 2. The predicted octanol–water partition coefficient (Wildman–Crippen LogP) is 3.28. The van der Waals surface area contributed by atoms with E-state index in [1.165, 1.54) is 0 Å². The van der Waals surface area contributed by atoms with Crippen LogP contribution in [0, 0.1) is 5.92 Å². The fourth-order valence-electron chi connectivity index (χ4n) is 2.23. The molecule has 0 N–H and O–H groups in total. The van der Waals surface area contributed by atoms with Crippen molar-refractivity contribution < 1.29 is 9.53 Å². The molecule has 4 heteroatoms. The van der Waals surface area contributed by atoms with Crippen molar-refractivity contribution in [2.24, 2.45) is 5.92 Å². The Balaban J connectivity index is 1.84. The number of carbonyl (C=O) groups excluding carboxylic acids is 1. The second-order valence-corrected chi connectivity index (χ2v) is 5.45. The van der Waals surface area contributed by atoms with E-state index in [-0.39, 0.29) is 11.7 Å². The van der Waals surface area contributed by atoms with Gasteiger partial charge in [-0.2, -0.15) is 0 Å². The molecule has 0 amide bonds. The summed E-state index contributed by atoms with van der Waals surface area (Å²) >= 11 is 3.38. The van der Waals surface area contributed by atoms with Crippen LogP contribution in [0.15, 0.2) is 47.1 Å². The van der Waals surface area contributed by atoms with Gasteiger partial charge in [-0.05, 0) is 30.3 Å². The Morgan fingerprint density at radius 2 is 2.21 bits per heavy atom. The van der Waals surface area contributed by atoms with Crippen molar-refractivity contribution in [2.45, 2.75) is 6.42 Å². The molecule has 0 saturated carbocycles. The van der Waals surface area contributed by atoms with Crippen molar-refractivity contribution in [3.8, 4) is 5.75 Å². The summed E-state index contributed by atoms with van der Waals surface area (Å²) in [5.41, 5.74) is 1.58. The second-order valence-electron chi connectivity index (χ2n) is 4.54. The molecule has 1 aromatic heterocycles. The molecule has 0 spiro atoms. The molecule has 2 aromatic rings. The Hall–Kier alpha value is -1.68. The molecule has 3 nitrogen and oxygen atoms in total. The fourth-order valence-corrected chi connectivity index (χ4v) is 2.57. The molecule has 0 fully saturated rings. The van der Waals surface area contributed by atoms with E-state index in [1.54, 1.807) is 6.20 Å². The summed E-state index contributed by atoms with van der Waals surface area (Å²) in [5, 5.41) is 0. The summed E-state index contributed by atoms with van der Waals surface area (Å²) in [6, 6.07) is 11.3. The van der Waals surface area contributed by atoms with Crippen LogP contribution < -0.4 is 4.74 Å². The second kappa shape index (κ2) is 5.13. The first-order chi connectivity index (χ1) is 9.24. The number of carbonyl (C=O) groups is 1. The zero-order chi connectivity index (χ0) is 13.2. The Labute approximate surface area is 119 Å². The van der Waals surface area contributed by atoms with E-state index in [0.29, 0.717) is 24.3 Å². The Kier molecular flexibility index (Phi) is 3.34. The maximum absolute atomic E-state index is 12.4. The molecule has 19 heavy (non-hydrogen) atoms. The van der Waals surface area contributed by atoms with Gasteiger partial charge < -0.3 is 4.74 Å². The van der Waals surface area contributed by atoms with Crippen molar-refractivity contribution in [2.75, 3.05) is 6.61 Å². The van der Waals surface area contributed by atoms with Crippen LogP contribution in [0.25, 0.3) is 0 Å². The van der Waals surface area contributed by atoms with E-state index in [0.717, 1.165) is 10.2 Å². The number of ether oxygens (including phenoxy) is 1. The van der Waals surface area contributed by atoms with E-state index in [4.69, 9.17) is 4.74 Å². The fraction of sp³-hybridized carbons (Fsp3) is 0.200. The van der Waals surface area contributed by atoms with Crippen LogP contribution >= 0.6 is 15.9 Å². The number of fused-ring (bicyclic) bond motifs is 1. The van der Waals surface area contributed by atoms with Crippen LogP contribution in [-0.4, -0.2) is 17.4 Å². The Bertz CT molecular complexity index is 613. The van der Waals surface area contributed by atoms with Crippen LogP contribution in [0.5, 0.6) is 5.75 Å². The third-order valence-electron chi connectivity index (χ3n) is 3.20. The van der Waals surface area contributed by atoms with Crippen molar-refractivity contribution >= 4 is 21.7 Å². The highest BCUT2D eigenvalue weighted by Crippen LogP contribution is 2.31. The van der Waals surface area contributed by atoms with Gasteiger partial charge >= 0.3 is 0 Å². The summed E-state index contributed by atoms with van der Waals surface area (Å²) in [6.45, 7) is 0.416. The van der Waals surface area contributed by atoms with Crippen LogP contribution in [0.1, 0.15) is 16.1 Å². The third kappa shape index (κ3) is 2.54. The maximum atomic E-state index is 12.4. The third-order valence-corrected chi connectivity index (χ3v) is 3.69. The van der Waals surface area contributed by atoms with Gasteiger partial charge in [0.05, 0.1) is 18.1 Å². The zero-order valence-electron chi connectivity index (χ0n) is 10.2. The number of ketones is 1. The van der Waals surface area contributed by atoms with Crippen LogP contribution in [-0.2, 0) is 6.42 Å². The molecule has 1 atom stereocenters. The molecule has 0 saturated heterocycles. The van der Waals surface area contributed by atoms with Gasteiger partial charge in [-0.1, -0.05) is 22.0 Å². The number of hydrogen-bond acceptors (Lipinski definition) is 3. The van der Waals surface area contributed by atoms with Crippen LogP contribution in [0.4, 0.5) is 0 Å². The minimum atomic E-state index is -0.149. The zero-order valence-corrected chi connectivity index (χ0v) is 11.8. The molecule has 1 aliphatic heterocycles.